The average Bonchev–Trinajstić information content (AvgIpc) is 3.32. The van der Waals surface area contributed by atoms with Gasteiger partial charge in [-0.25, -0.2) is 0 Å². The molecule has 5 rings (SSSR count). The second kappa shape index (κ2) is 11.5. The molecule has 0 N–H and O–H groups in total. The molecule has 3 aromatic carbocycles. The summed E-state index contributed by atoms with van der Waals surface area (Å²) in [5.74, 6) is 2.70. The first kappa shape index (κ1) is 24.9. The lowest BCUT2D eigenvalue weighted by Gasteiger charge is -2.26. The van der Waals surface area contributed by atoms with Crippen LogP contribution in [0.4, 0.5) is 0 Å². The number of fused-ring (bicyclic) bond motifs is 1. The monoisotopic (exact) mass is 517 g/mol. The molecule has 1 aliphatic rings. The van der Waals surface area contributed by atoms with E-state index in [1.165, 1.54) is 37.2 Å². The molecule has 4 nitrogen and oxygen atoms in total. The van der Waals surface area contributed by atoms with Gasteiger partial charge in [-0.1, -0.05) is 6.42 Å². The number of carbonyl (C=O) groups is 1. The van der Waals surface area contributed by atoms with Crippen LogP contribution in [0.15, 0.2) is 71.6 Å². The van der Waals surface area contributed by atoms with Crippen molar-refractivity contribution >= 4 is 39.0 Å². The smallest absolute Gasteiger partial charge is 0.195 e. The zero-order chi connectivity index (χ0) is 24.9. The molecular formula is C30H31NO3S2. The van der Waals surface area contributed by atoms with E-state index in [4.69, 9.17) is 9.47 Å². The lowest BCUT2D eigenvalue weighted by molar-refractivity contribution is 0.104. The summed E-state index contributed by atoms with van der Waals surface area (Å²) in [5, 5.41) is 0.955. The molecule has 0 atom stereocenters. The molecule has 186 valence electrons. The van der Waals surface area contributed by atoms with Gasteiger partial charge in [-0.05, 0) is 98.2 Å². The minimum absolute atomic E-state index is 0.0436. The molecule has 1 saturated heterocycles. The summed E-state index contributed by atoms with van der Waals surface area (Å²) in [5.41, 5.74) is 2.46. The number of hydrogen-bond acceptors (Lipinski definition) is 6. The maximum absolute atomic E-state index is 13.9. The van der Waals surface area contributed by atoms with E-state index in [1.807, 2.05) is 66.4 Å². The Morgan fingerprint density at radius 3 is 2.28 bits per heavy atom. The number of hydrogen-bond donors (Lipinski definition) is 0. The van der Waals surface area contributed by atoms with E-state index < -0.39 is 0 Å². The van der Waals surface area contributed by atoms with E-state index >= 15 is 0 Å². The van der Waals surface area contributed by atoms with Crippen LogP contribution in [0, 0.1) is 0 Å². The van der Waals surface area contributed by atoms with Crippen molar-refractivity contribution in [3.63, 3.8) is 0 Å². The van der Waals surface area contributed by atoms with Gasteiger partial charge in [-0.3, -0.25) is 4.79 Å². The standard InChI is InChI=1S/C30H31NO3S2/c1-33-23-10-6-22(7-11-23)30-28(26-15-12-24(34-2)20-27(26)36-30)29(32)21-8-13-25(14-9-21)35-19-18-31-16-4-3-5-17-31/h6-15,20H,3-5,16-19H2,1-2H3. The van der Waals surface area contributed by atoms with Crippen molar-refractivity contribution in [3.8, 4) is 21.9 Å². The highest BCUT2D eigenvalue weighted by molar-refractivity contribution is 7.99. The number of benzene rings is 3. The van der Waals surface area contributed by atoms with Crippen LogP contribution in [-0.2, 0) is 0 Å². The lowest BCUT2D eigenvalue weighted by Crippen LogP contribution is -2.31. The SMILES string of the molecule is COc1ccc(-c2sc3cc(OC)ccc3c2C(=O)c2ccc(SCCN3CCCCC3)cc2)cc1. The summed E-state index contributed by atoms with van der Waals surface area (Å²) in [4.78, 5) is 18.6. The van der Waals surface area contributed by atoms with Crippen LogP contribution >= 0.6 is 23.1 Å². The number of carbonyl (C=O) groups excluding carboxylic acids is 1. The highest BCUT2D eigenvalue weighted by atomic mass is 32.2. The summed E-state index contributed by atoms with van der Waals surface area (Å²) in [6.45, 7) is 3.58. The molecule has 0 spiro atoms. The quantitative estimate of drug-likeness (QED) is 0.171. The van der Waals surface area contributed by atoms with Gasteiger partial charge in [0, 0.05) is 43.3 Å². The van der Waals surface area contributed by atoms with Gasteiger partial charge in [0.15, 0.2) is 5.78 Å². The van der Waals surface area contributed by atoms with Gasteiger partial charge in [0.2, 0.25) is 0 Å². The van der Waals surface area contributed by atoms with Crippen LogP contribution in [-0.4, -0.2) is 50.3 Å². The lowest BCUT2D eigenvalue weighted by atomic mass is 9.97. The Hall–Kier alpha value is -2.80. The van der Waals surface area contributed by atoms with E-state index in [1.54, 1.807) is 25.6 Å². The molecule has 0 unspecified atom stereocenters. The molecule has 0 aliphatic carbocycles. The van der Waals surface area contributed by atoms with Crippen LogP contribution in [0.25, 0.3) is 20.5 Å². The van der Waals surface area contributed by atoms with E-state index in [9.17, 15) is 4.79 Å². The Kier molecular flexibility index (Phi) is 7.95. The number of rotatable bonds is 9. The zero-order valence-electron chi connectivity index (χ0n) is 20.8. The number of thioether (sulfide) groups is 1. The van der Waals surface area contributed by atoms with Gasteiger partial charge < -0.3 is 14.4 Å². The zero-order valence-corrected chi connectivity index (χ0v) is 22.4. The molecule has 4 aromatic rings. The number of ketones is 1. The first-order valence-corrected chi connectivity index (χ1v) is 14.2. The molecule has 0 bridgehead atoms. The average molecular weight is 518 g/mol. The Balaban J connectivity index is 1.40. The topological polar surface area (TPSA) is 38.8 Å². The van der Waals surface area contributed by atoms with Crippen molar-refractivity contribution < 1.29 is 14.3 Å². The van der Waals surface area contributed by atoms with Crippen molar-refractivity contribution in [1.82, 2.24) is 4.90 Å². The number of likely N-dealkylation sites (tertiary alicyclic amines) is 1. The Morgan fingerprint density at radius 1 is 0.889 bits per heavy atom. The first-order valence-electron chi connectivity index (χ1n) is 12.4. The predicted octanol–water partition coefficient (Wildman–Crippen LogP) is 7.39. The van der Waals surface area contributed by atoms with Crippen molar-refractivity contribution in [2.45, 2.75) is 24.2 Å². The molecule has 0 saturated carbocycles. The largest absolute Gasteiger partial charge is 0.497 e. The number of ether oxygens (including phenoxy) is 2. The van der Waals surface area contributed by atoms with Crippen LogP contribution in [0.3, 0.4) is 0 Å². The highest BCUT2D eigenvalue weighted by Crippen LogP contribution is 2.41. The van der Waals surface area contributed by atoms with Crippen molar-refractivity contribution in [1.29, 1.82) is 0 Å². The van der Waals surface area contributed by atoms with E-state index in [-0.39, 0.29) is 5.78 Å². The van der Waals surface area contributed by atoms with Gasteiger partial charge >= 0.3 is 0 Å². The molecule has 6 heteroatoms. The van der Waals surface area contributed by atoms with Crippen LogP contribution in [0.5, 0.6) is 11.5 Å². The Morgan fingerprint density at radius 2 is 1.58 bits per heavy atom. The van der Waals surface area contributed by atoms with Crippen LogP contribution in [0.2, 0.25) is 0 Å². The van der Waals surface area contributed by atoms with E-state index in [0.717, 1.165) is 49.9 Å². The number of nitrogens with zero attached hydrogens (tertiary/aromatic N) is 1. The summed E-state index contributed by atoms with van der Waals surface area (Å²) in [7, 11) is 3.32. The van der Waals surface area contributed by atoms with Gasteiger partial charge in [0.25, 0.3) is 0 Å². The van der Waals surface area contributed by atoms with E-state index in [2.05, 4.69) is 17.0 Å². The maximum atomic E-state index is 13.9. The fourth-order valence-corrected chi connectivity index (χ4v) is 6.84. The normalized spacial score (nSPS) is 14.2. The summed E-state index contributed by atoms with van der Waals surface area (Å²) >= 11 is 3.49. The number of thiophene rings is 1. The van der Waals surface area contributed by atoms with Crippen molar-refractivity contribution in [3.05, 3.63) is 77.9 Å². The fraction of sp³-hybridized carbons (Fsp3) is 0.300. The summed E-state index contributed by atoms with van der Waals surface area (Å²) in [6.07, 6.45) is 4.01. The minimum Gasteiger partial charge on any atom is -0.497 e. The van der Waals surface area contributed by atoms with Crippen molar-refractivity contribution in [2.75, 3.05) is 39.6 Å². The van der Waals surface area contributed by atoms with Crippen LogP contribution in [0.1, 0.15) is 35.2 Å². The molecule has 0 amide bonds. The molecule has 2 heterocycles. The second-order valence-corrected chi connectivity index (χ2v) is 11.2. The molecule has 1 aromatic heterocycles. The second-order valence-electron chi connectivity index (χ2n) is 9.00. The Bertz CT molecular complexity index is 1320. The third kappa shape index (κ3) is 5.46. The molecular weight excluding hydrogens is 486 g/mol. The Labute approximate surface area is 221 Å². The fourth-order valence-electron chi connectivity index (χ4n) is 4.70. The van der Waals surface area contributed by atoms with Gasteiger partial charge in [0.1, 0.15) is 11.5 Å². The molecule has 36 heavy (non-hydrogen) atoms. The van der Waals surface area contributed by atoms with Gasteiger partial charge in [-0.15, -0.1) is 23.1 Å². The summed E-state index contributed by atoms with van der Waals surface area (Å²) < 4.78 is 11.8. The van der Waals surface area contributed by atoms with Crippen molar-refractivity contribution in [2.24, 2.45) is 0 Å². The van der Waals surface area contributed by atoms with Gasteiger partial charge in [0.05, 0.1) is 14.2 Å². The molecule has 0 radical (unpaired) electrons. The predicted molar refractivity (Wildman–Crippen MR) is 151 cm³/mol. The van der Waals surface area contributed by atoms with E-state index in [0.29, 0.717) is 5.56 Å². The minimum atomic E-state index is 0.0436. The maximum Gasteiger partial charge on any atom is 0.195 e. The number of methoxy groups -OCH3 is 2. The third-order valence-corrected chi connectivity index (χ3v) is 8.91. The van der Waals surface area contributed by atoms with Crippen LogP contribution < -0.4 is 9.47 Å². The number of piperidine rings is 1. The molecule has 1 fully saturated rings. The summed E-state index contributed by atoms with van der Waals surface area (Å²) in [6, 6.07) is 21.9. The molecule has 1 aliphatic heterocycles. The van der Waals surface area contributed by atoms with Gasteiger partial charge in [-0.2, -0.15) is 0 Å². The third-order valence-electron chi connectivity index (χ3n) is 6.72. The first-order chi connectivity index (χ1) is 17.7. The highest BCUT2D eigenvalue weighted by Gasteiger charge is 2.22.